The molecule has 232 valence electrons. The summed E-state index contributed by atoms with van der Waals surface area (Å²) in [5.74, 6) is 0.228. The average molecular weight is 598 g/mol. The van der Waals surface area contributed by atoms with Crippen molar-refractivity contribution in [3.05, 3.63) is 83.7 Å². The molecule has 0 bridgehead atoms. The van der Waals surface area contributed by atoms with Crippen molar-refractivity contribution in [1.82, 2.24) is 14.5 Å². The van der Waals surface area contributed by atoms with Gasteiger partial charge < -0.3 is 25.0 Å². The van der Waals surface area contributed by atoms with Crippen LogP contribution in [-0.2, 0) is 6.42 Å². The third kappa shape index (κ3) is 7.79. The van der Waals surface area contributed by atoms with Gasteiger partial charge in [-0.1, -0.05) is 20.1 Å². The number of likely N-dealkylation sites (N-methyl/N-ethyl adjacent to an activating group) is 2. The highest BCUT2D eigenvalue weighted by Gasteiger charge is 2.19. The van der Waals surface area contributed by atoms with Crippen LogP contribution in [0.2, 0.25) is 0 Å². The van der Waals surface area contributed by atoms with Crippen LogP contribution in [-0.4, -0.2) is 67.8 Å². The number of nitrogens with one attached hydrogen (secondary N) is 2. The van der Waals surface area contributed by atoms with Crippen LogP contribution in [0.15, 0.2) is 71.0 Å². The number of aromatic nitrogens is 2. The molecule has 0 amide bonds. The molecule has 0 aliphatic rings. The van der Waals surface area contributed by atoms with Crippen LogP contribution in [0.3, 0.4) is 0 Å². The largest absolute Gasteiger partial charge is 0.372 e. The number of benzene rings is 2. The maximum absolute atomic E-state index is 15.4. The fourth-order valence-corrected chi connectivity index (χ4v) is 5.03. The molecule has 9 nitrogen and oxygen atoms in total. The van der Waals surface area contributed by atoms with E-state index < -0.39 is 5.82 Å². The van der Waals surface area contributed by atoms with Gasteiger partial charge in [0.25, 0.3) is 0 Å². The van der Waals surface area contributed by atoms with Crippen LogP contribution in [0.5, 0.6) is 0 Å². The average Bonchev–Trinajstić information content (AvgIpc) is 3.33. The van der Waals surface area contributed by atoms with Gasteiger partial charge in [0, 0.05) is 49.3 Å². The van der Waals surface area contributed by atoms with Gasteiger partial charge in [-0.2, -0.15) is 5.26 Å². The summed E-state index contributed by atoms with van der Waals surface area (Å²) in [6.07, 6.45) is 3.79. The number of nitriles is 1. The third-order valence-corrected chi connectivity index (χ3v) is 7.26. The van der Waals surface area contributed by atoms with Crippen molar-refractivity contribution in [2.45, 2.75) is 40.2 Å². The number of hydrogen-bond acceptors (Lipinski definition) is 8. The fraction of sp³-hybridized carbons (Fsp3) is 0.353. The number of halogens is 1. The number of imidazole rings is 1. The summed E-state index contributed by atoms with van der Waals surface area (Å²) in [5, 5.41) is 16.7. The van der Waals surface area contributed by atoms with Crippen molar-refractivity contribution in [2.24, 2.45) is 9.98 Å². The fourth-order valence-electron chi connectivity index (χ4n) is 5.03. The maximum atomic E-state index is 15.4. The SMILES string of the molecule is C=CC(=C)Nc1cc(NC/N=C(\C(C#N)=C/N=C)c2cc(F)c3nc(C)n(C(C)C)c3c2)c(CC)cc1N(C)CCN(C)C. The van der Waals surface area contributed by atoms with Gasteiger partial charge >= 0.3 is 0 Å². The molecule has 0 aliphatic carbocycles. The van der Waals surface area contributed by atoms with Crippen molar-refractivity contribution in [1.29, 1.82) is 5.26 Å². The Morgan fingerprint density at radius 3 is 2.50 bits per heavy atom. The van der Waals surface area contributed by atoms with E-state index in [-0.39, 0.29) is 23.8 Å². The molecule has 0 saturated carbocycles. The zero-order chi connectivity index (χ0) is 32.6. The number of nitrogens with zero attached hydrogens (tertiary/aromatic N) is 7. The Morgan fingerprint density at radius 1 is 1.18 bits per heavy atom. The van der Waals surface area contributed by atoms with Crippen LogP contribution < -0.4 is 15.5 Å². The van der Waals surface area contributed by atoms with Crippen molar-refractivity contribution >= 4 is 40.5 Å². The molecule has 10 heteroatoms. The minimum Gasteiger partial charge on any atom is -0.372 e. The third-order valence-electron chi connectivity index (χ3n) is 7.26. The lowest BCUT2D eigenvalue weighted by atomic mass is 10.0. The molecule has 1 aromatic heterocycles. The first-order valence-electron chi connectivity index (χ1n) is 14.6. The van der Waals surface area contributed by atoms with Crippen LogP contribution >= 0.6 is 0 Å². The van der Waals surface area contributed by atoms with E-state index in [0.717, 1.165) is 42.1 Å². The summed E-state index contributed by atoms with van der Waals surface area (Å²) in [4.78, 5) is 17.3. The first-order valence-corrected chi connectivity index (χ1v) is 14.6. The van der Waals surface area contributed by atoms with Crippen molar-refractivity contribution in [2.75, 3.05) is 56.4 Å². The predicted octanol–water partition coefficient (Wildman–Crippen LogP) is 6.70. The topological polar surface area (TPSA) is 96.9 Å². The second-order valence-corrected chi connectivity index (χ2v) is 11.1. The standard InChI is InChI=1S/C34H44FN9/c1-11-23(5)40-30-18-29(25(12-2)16-31(30)43(10)14-13-42(8)9)38-21-39-33(27(19-36)20-37-7)26-15-28(35)34-32(17-26)44(22(3)4)24(6)41-34/h11,15-18,20,22,38,40H,1,5,7,12-14,21H2,2-4,6,8-10H3/b27-20-,39-33-. The molecule has 0 atom stereocenters. The molecule has 1 heterocycles. The summed E-state index contributed by atoms with van der Waals surface area (Å²) < 4.78 is 17.3. The van der Waals surface area contributed by atoms with E-state index >= 15 is 4.39 Å². The number of anilines is 3. The number of fused-ring (bicyclic) bond motifs is 1. The molecule has 2 aromatic carbocycles. The van der Waals surface area contributed by atoms with E-state index in [1.165, 1.54) is 12.3 Å². The summed E-state index contributed by atoms with van der Waals surface area (Å²) in [5.41, 5.74) is 6.40. The van der Waals surface area contributed by atoms with E-state index in [1.807, 2.05) is 37.5 Å². The molecule has 0 aliphatic heterocycles. The quantitative estimate of drug-likeness (QED) is 0.115. The number of aryl methyl sites for hydroxylation is 2. The van der Waals surface area contributed by atoms with Gasteiger partial charge in [-0.25, -0.2) is 9.37 Å². The van der Waals surface area contributed by atoms with Crippen LogP contribution in [0.4, 0.5) is 21.5 Å². The zero-order valence-corrected chi connectivity index (χ0v) is 27.0. The molecule has 0 spiro atoms. The molecular formula is C34H44FN9. The van der Waals surface area contributed by atoms with E-state index in [1.54, 1.807) is 6.08 Å². The normalized spacial score (nSPS) is 12.0. The van der Waals surface area contributed by atoms with Gasteiger partial charge in [-0.15, -0.1) is 0 Å². The predicted molar refractivity (Wildman–Crippen MR) is 184 cm³/mol. The monoisotopic (exact) mass is 597 g/mol. The van der Waals surface area contributed by atoms with Gasteiger partial charge in [0.05, 0.1) is 28.2 Å². The Morgan fingerprint density at radius 2 is 1.91 bits per heavy atom. The number of allylic oxidation sites excluding steroid dienone is 2. The lowest BCUT2D eigenvalue weighted by Crippen LogP contribution is -2.29. The molecule has 3 rings (SSSR count). The van der Waals surface area contributed by atoms with E-state index in [4.69, 9.17) is 4.99 Å². The van der Waals surface area contributed by atoms with Crippen LogP contribution in [0, 0.1) is 24.1 Å². The minimum absolute atomic E-state index is 0.0647. The molecule has 0 saturated heterocycles. The van der Waals surface area contributed by atoms with Gasteiger partial charge in [0.2, 0.25) is 0 Å². The van der Waals surface area contributed by atoms with Crippen molar-refractivity contribution in [3.8, 4) is 6.07 Å². The first kappa shape index (κ1) is 33.7. The van der Waals surface area contributed by atoms with Crippen molar-refractivity contribution in [3.63, 3.8) is 0 Å². The Balaban J connectivity index is 2.08. The summed E-state index contributed by atoms with van der Waals surface area (Å²) in [6, 6.07) is 9.59. The molecule has 44 heavy (non-hydrogen) atoms. The van der Waals surface area contributed by atoms with E-state index in [9.17, 15) is 5.26 Å². The summed E-state index contributed by atoms with van der Waals surface area (Å²) >= 11 is 0. The Hall–Kier alpha value is -4.75. The smallest absolute Gasteiger partial charge is 0.151 e. The second kappa shape index (κ2) is 15.1. The molecular weight excluding hydrogens is 553 g/mol. The second-order valence-electron chi connectivity index (χ2n) is 11.1. The van der Waals surface area contributed by atoms with Crippen molar-refractivity contribution < 1.29 is 4.39 Å². The molecule has 2 N–H and O–H groups in total. The van der Waals surface area contributed by atoms with Gasteiger partial charge in [0.15, 0.2) is 5.82 Å². The van der Waals surface area contributed by atoms with E-state index in [0.29, 0.717) is 28.3 Å². The number of aliphatic imine (C=N–C) groups is 2. The lowest BCUT2D eigenvalue weighted by molar-refractivity contribution is 0.416. The van der Waals surface area contributed by atoms with Crippen LogP contribution in [0.25, 0.3) is 11.0 Å². The first-order chi connectivity index (χ1) is 20.9. The maximum Gasteiger partial charge on any atom is 0.151 e. The van der Waals surface area contributed by atoms with Gasteiger partial charge in [-0.05, 0) is 83.9 Å². The van der Waals surface area contributed by atoms with E-state index in [2.05, 4.69) is 90.5 Å². The Kier molecular flexibility index (Phi) is 11.6. The molecule has 0 fully saturated rings. The highest BCUT2D eigenvalue weighted by molar-refractivity contribution is 6.16. The number of hydrogen-bond donors (Lipinski definition) is 2. The molecule has 0 radical (unpaired) electrons. The number of rotatable bonds is 15. The van der Waals surface area contributed by atoms with Gasteiger partial charge in [0.1, 0.15) is 24.1 Å². The van der Waals surface area contributed by atoms with Crippen LogP contribution in [0.1, 0.15) is 43.8 Å². The lowest BCUT2D eigenvalue weighted by Gasteiger charge is -2.26. The molecule has 0 unspecified atom stereocenters. The molecule has 3 aromatic rings. The Labute approximate surface area is 260 Å². The summed E-state index contributed by atoms with van der Waals surface area (Å²) in [6.45, 7) is 21.2. The minimum atomic E-state index is -0.482. The highest BCUT2D eigenvalue weighted by atomic mass is 19.1. The summed E-state index contributed by atoms with van der Waals surface area (Å²) in [7, 11) is 6.17. The van der Waals surface area contributed by atoms with Gasteiger partial charge in [-0.3, -0.25) is 9.98 Å². The Bertz CT molecular complexity index is 1640. The zero-order valence-electron chi connectivity index (χ0n) is 27.0. The highest BCUT2D eigenvalue weighted by Crippen LogP contribution is 2.33.